The molecule has 5 atom stereocenters. The Morgan fingerprint density at radius 3 is 2.75 bits per heavy atom. The van der Waals surface area contributed by atoms with Gasteiger partial charge in [-0.25, -0.2) is 4.39 Å². The monoisotopic (exact) mass is 270 g/mol. The minimum absolute atomic E-state index is 0.215. The van der Waals surface area contributed by atoms with E-state index in [1.54, 1.807) is 14.8 Å². The largest absolute Gasteiger partial charge is 0.382 e. The molecule has 8 heteroatoms. The molecule has 0 aromatic rings. The fourth-order valence-electron chi connectivity index (χ4n) is 1.59. The van der Waals surface area contributed by atoms with Gasteiger partial charge in [-0.15, -0.1) is 0 Å². The molecular formula is C8H17BFO4PS. The number of thiol groups is 1. The van der Waals surface area contributed by atoms with E-state index in [-0.39, 0.29) is 12.8 Å². The topological polar surface area (TPSA) is 44.8 Å². The number of methoxy groups -OCH3 is 1. The first kappa shape index (κ1) is 14.5. The number of alkyl halides is 1. The van der Waals surface area contributed by atoms with E-state index in [9.17, 15) is 8.96 Å². The summed E-state index contributed by atoms with van der Waals surface area (Å²) < 4.78 is 41.0. The van der Waals surface area contributed by atoms with Crippen LogP contribution in [0.15, 0.2) is 0 Å². The van der Waals surface area contributed by atoms with E-state index in [1.165, 1.54) is 7.11 Å². The molecule has 1 saturated heterocycles. The molecule has 16 heavy (non-hydrogen) atoms. The summed E-state index contributed by atoms with van der Waals surface area (Å²) in [5.41, 5.74) is 0. The summed E-state index contributed by atoms with van der Waals surface area (Å²) >= 11 is 3.91. The van der Waals surface area contributed by atoms with E-state index in [0.29, 0.717) is 0 Å². The van der Waals surface area contributed by atoms with Crippen LogP contribution in [0.2, 0.25) is 0 Å². The first-order valence-electron chi connectivity index (χ1n) is 5.20. The van der Waals surface area contributed by atoms with Gasteiger partial charge in [0.2, 0.25) is 0 Å². The fraction of sp³-hybridized carbons (Fsp3) is 1.00. The molecule has 94 valence electrons. The van der Waals surface area contributed by atoms with Crippen LogP contribution in [0, 0.1) is 0 Å². The van der Waals surface area contributed by atoms with Gasteiger partial charge in [0.1, 0.15) is 26.2 Å². The summed E-state index contributed by atoms with van der Waals surface area (Å²) in [7, 11) is 3.11. The van der Waals surface area contributed by atoms with E-state index in [1.807, 2.05) is 0 Å². The van der Waals surface area contributed by atoms with Gasteiger partial charge in [0.15, 0.2) is 0 Å². The van der Waals surface area contributed by atoms with Crippen LogP contribution in [0.5, 0.6) is 0 Å². The normalized spacial score (nSPS) is 38.5. The van der Waals surface area contributed by atoms with Crippen LogP contribution in [0.3, 0.4) is 0 Å². The van der Waals surface area contributed by atoms with Crippen LogP contribution in [0.25, 0.3) is 0 Å². The van der Waals surface area contributed by atoms with Gasteiger partial charge in [-0.2, -0.15) is 0 Å². The van der Waals surface area contributed by atoms with Crippen molar-refractivity contribution in [3.63, 3.8) is 0 Å². The smallest absolute Gasteiger partial charge is 0.254 e. The zero-order chi connectivity index (χ0) is 12.3. The second-order valence-electron chi connectivity index (χ2n) is 3.80. The maximum absolute atomic E-state index is 13.8. The maximum Gasteiger partial charge on any atom is 0.254 e. The van der Waals surface area contributed by atoms with Gasteiger partial charge in [0.05, 0.1) is 12.6 Å². The summed E-state index contributed by atoms with van der Waals surface area (Å²) in [6.07, 6.45) is -2.43. The fourth-order valence-corrected chi connectivity index (χ4v) is 2.70. The molecule has 1 rings (SSSR count). The molecule has 2 unspecified atom stereocenters. The Bertz CT molecular complexity index is 283. The Morgan fingerprint density at radius 2 is 2.25 bits per heavy atom. The first-order valence-corrected chi connectivity index (χ1v) is 8.16. The quantitative estimate of drug-likeness (QED) is 0.457. The lowest BCUT2D eigenvalue weighted by Crippen LogP contribution is -2.33. The molecule has 0 N–H and O–H groups in total. The van der Waals surface area contributed by atoms with Gasteiger partial charge in [-0.05, 0) is 0 Å². The highest BCUT2D eigenvalue weighted by atomic mass is 32.7. The predicted octanol–water partition coefficient (Wildman–Crippen LogP) is 0.857. The van der Waals surface area contributed by atoms with E-state index in [0.717, 1.165) is 0 Å². The van der Waals surface area contributed by atoms with Crippen LogP contribution < -0.4 is 0 Å². The second-order valence-corrected chi connectivity index (χ2v) is 7.75. The highest BCUT2D eigenvalue weighted by Crippen LogP contribution is 2.54. The molecule has 1 aliphatic rings. The Hall–Kier alpha value is 0.455. The average molecular weight is 270 g/mol. The lowest BCUT2D eigenvalue weighted by atomic mass is 9.94. The predicted molar refractivity (Wildman–Crippen MR) is 66.0 cm³/mol. The molecule has 0 radical (unpaired) electrons. The molecule has 0 aliphatic carbocycles. The van der Waals surface area contributed by atoms with E-state index >= 15 is 0 Å². The third-order valence-corrected chi connectivity index (χ3v) is 5.04. The lowest BCUT2D eigenvalue weighted by Gasteiger charge is -2.22. The number of rotatable bonds is 5. The molecule has 0 spiro atoms. The van der Waals surface area contributed by atoms with Crippen LogP contribution in [-0.4, -0.2) is 52.1 Å². The van der Waals surface area contributed by atoms with Crippen LogP contribution in [0.4, 0.5) is 4.39 Å². The Morgan fingerprint density at radius 1 is 1.62 bits per heavy atom. The van der Waals surface area contributed by atoms with Gasteiger partial charge in [0.25, 0.3) is 6.57 Å². The van der Waals surface area contributed by atoms with Crippen LogP contribution >= 0.6 is 18.8 Å². The van der Waals surface area contributed by atoms with Crippen molar-refractivity contribution in [2.45, 2.75) is 31.3 Å². The Kier molecular flexibility index (Phi) is 5.33. The van der Waals surface area contributed by atoms with Gasteiger partial charge >= 0.3 is 0 Å². The molecule has 0 aromatic heterocycles. The van der Waals surface area contributed by atoms with Crippen molar-refractivity contribution in [3.05, 3.63) is 0 Å². The Balaban J connectivity index is 2.70. The minimum atomic E-state index is -3.03. The summed E-state index contributed by atoms with van der Waals surface area (Å²) in [5, 5.41) is 0. The van der Waals surface area contributed by atoms with Crippen LogP contribution in [-0.2, 0) is 18.6 Å². The summed E-state index contributed by atoms with van der Waals surface area (Å²) in [6.45, 7) is -1.13. The van der Waals surface area contributed by atoms with Gasteiger partial charge in [-0.1, -0.05) is 19.2 Å². The minimum Gasteiger partial charge on any atom is -0.382 e. The van der Waals surface area contributed by atoms with E-state index in [2.05, 4.69) is 12.2 Å². The molecule has 4 nitrogen and oxygen atoms in total. The average Bonchev–Trinajstić information content (AvgIpc) is 2.47. The molecule has 1 heterocycles. The van der Waals surface area contributed by atoms with Crippen molar-refractivity contribution >= 4 is 26.7 Å². The zero-order valence-electron chi connectivity index (χ0n) is 9.63. The van der Waals surface area contributed by atoms with Crippen molar-refractivity contribution in [2.24, 2.45) is 0 Å². The summed E-state index contributed by atoms with van der Waals surface area (Å²) in [4.78, 5) is 0. The molecule has 0 aromatic carbocycles. The van der Waals surface area contributed by atoms with Gasteiger partial charge in [-0.3, -0.25) is 4.57 Å². The molecule has 0 bridgehead atoms. The third kappa shape index (κ3) is 3.47. The van der Waals surface area contributed by atoms with Gasteiger partial charge < -0.3 is 14.0 Å². The van der Waals surface area contributed by atoms with Gasteiger partial charge in [0, 0.05) is 13.3 Å². The molecule has 0 amide bonds. The standard InChI is InChI=1S/C8H17BFO4PS/c1-3-15(11,16)14-7-5(4-12-2)13-8(9)6(7)10/h5-8H,3-4,9H2,1-2H3,(H,11,16)/t5-,6-,7?,8-,15?/m1/s1. The lowest BCUT2D eigenvalue weighted by molar-refractivity contribution is -0.00939. The number of ether oxygens (including phenoxy) is 2. The highest BCUT2D eigenvalue weighted by Gasteiger charge is 2.45. The Labute approximate surface area is 101 Å². The second kappa shape index (κ2) is 5.87. The van der Waals surface area contributed by atoms with Crippen molar-refractivity contribution in [3.8, 4) is 0 Å². The summed E-state index contributed by atoms with van der Waals surface area (Å²) in [5.74, 6) is 0. The van der Waals surface area contributed by atoms with E-state index < -0.39 is 31.0 Å². The van der Waals surface area contributed by atoms with Crippen molar-refractivity contribution in [1.29, 1.82) is 0 Å². The third-order valence-electron chi connectivity index (χ3n) is 2.54. The van der Waals surface area contributed by atoms with Crippen molar-refractivity contribution < 1.29 is 23.0 Å². The molecular weight excluding hydrogens is 253 g/mol. The molecule has 1 aliphatic heterocycles. The SMILES string of the molecule is B[C@@H]1O[C@H](COC)C(OP(=O)(S)CC)[C@H]1F. The van der Waals surface area contributed by atoms with Crippen molar-refractivity contribution in [2.75, 3.05) is 19.9 Å². The summed E-state index contributed by atoms with van der Waals surface area (Å²) in [6, 6.07) is -0.574. The van der Waals surface area contributed by atoms with Crippen LogP contribution in [0.1, 0.15) is 6.92 Å². The van der Waals surface area contributed by atoms with E-state index in [4.69, 9.17) is 14.0 Å². The number of hydrogen-bond donors (Lipinski definition) is 1. The molecule has 1 fully saturated rings. The number of hydrogen-bond acceptors (Lipinski definition) is 4. The zero-order valence-corrected chi connectivity index (χ0v) is 11.4. The maximum atomic E-state index is 13.8. The number of halogens is 1. The highest BCUT2D eigenvalue weighted by molar-refractivity contribution is 8.46. The first-order chi connectivity index (χ1) is 7.41. The molecule has 0 saturated carbocycles. The van der Waals surface area contributed by atoms with Crippen molar-refractivity contribution in [1.82, 2.24) is 0 Å².